The van der Waals surface area contributed by atoms with Crippen molar-refractivity contribution in [3.8, 4) is 0 Å². The van der Waals surface area contributed by atoms with E-state index in [1.807, 2.05) is 0 Å². The van der Waals surface area contributed by atoms with Gasteiger partial charge in [-0.05, 0) is 25.0 Å². The zero-order valence-corrected chi connectivity index (χ0v) is 13.0. The summed E-state index contributed by atoms with van der Waals surface area (Å²) in [5.74, 6) is -1.30. The molecule has 1 fully saturated rings. The quantitative estimate of drug-likeness (QED) is 0.916. The molecule has 0 atom stereocenters. The lowest BCUT2D eigenvalue weighted by atomic mass is 9.94. The van der Waals surface area contributed by atoms with E-state index >= 15 is 0 Å². The van der Waals surface area contributed by atoms with Gasteiger partial charge in [0, 0.05) is 13.1 Å². The lowest BCUT2D eigenvalue weighted by Gasteiger charge is -2.34. The molecule has 5 nitrogen and oxygen atoms in total. The molecule has 2 rings (SSSR count). The number of carbonyl (C=O) groups is 1. The average molecular weight is 338 g/mol. The van der Waals surface area contributed by atoms with Crippen LogP contribution in [0.25, 0.3) is 0 Å². The minimum Gasteiger partial charge on any atom is -0.478 e. The van der Waals surface area contributed by atoms with Crippen LogP contribution in [0.5, 0.6) is 0 Å². The first kappa shape index (κ1) is 15.6. The van der Waals surface area contributed by atoms with Crippen LogP contribution in [-0.2, 0) is 10.0 Å². The zero-order chi connectivity index (χ0) is 15.1. The predicted octanol–water partition coefficient (Wildman–Crippen LogP) is 2.86. The van der Waals surface area contributed by atoms with Crippen molar-refractivity contribution in [2.45, 2.75) is 30.2 Å². The summed E-state index contributed by atoms with van der Waals surface area (Å²) in [5, 5.41) is 8.85. The van der Waals surface area contributed by atoms with E-state index in [4.69, 9.17) is 28.3 Å². The number of hydrogen-bond acceptors (Lipinski definition) is 3. The normalized spacial score (nSPS) is 16.2. The molecule has 0 spiro atoms. The lowest BCUT2D eigenvalue weighted by Crippen LogP contribution is -2.41. The summed E-state index contributed by atoms with van der Waals surface area (Å²) in [6.45, 7) is 0. The number of nitrogens with zero attached hydrogens (tertiary/aromatic N) is 1. The van der Waals surface area contributed by atoms with Crippen molar-refractivity contribution in [3.63, 3.8) is 0 Å². The van der Waals surface area contributed by atoms with Crippen molar-refractivity contribution in [2.75, 3.05) is 7.05 Å². The van der Waals surface area contributed by atoms with Crippen molar-refractivity contribution >= 4 is 39.2 Å². The third kappa shape index (κ3) is 2.65. The van der Waals surface area contributed by atoms with Crippen LogP contribution in [0.4, 0.5) is 0 Å². The van der Waals surface area contributed by atoms with Crippen molar-refractivity contribution in [2.24, 2.45) is 0 Å². The second kappa shape index (κ2) is 5.52. The maximum Gasteiger partial charge on any atom is 0.337 e. The molecule has 1 saturated carbocycles. The summed E-state index contributed by atoms with van der Waals surface area (Å²) >= 11 is 11.7. The highest BCUT2D eigenvalue weighted by Gasteiger charge is 2.33. The molecular weight excluding hydrogens is 325 g/mol. The molecule has 1 aromatic rings. The first-order valence-electron chi connectivity index (χ1n) is 5.95. The summed E-state index contributed by atoms with van der Waals surface area (Å²) in [6.07, 6.45) is 2.58. The second-order valence-electron chi connectivity index (χ2n) is 4.67. The van der Waals surface area contributed by atoms with E-state index in [-0.39, 0.29) is 26.5 Å². The maximum absolute atomic E-state index is 12.5. The van der Waals surface area contributed by atoms with Crippen LogP contribution in [0.2, 0.25) is 10.0 Å². The predicted molar refractivity (Wildman–Crippen MR) is 76.0 cm³/mol. The van der Waals surface area contributed by atoms with E-state index in [0.29, 0.717) is 0 Å². The third-order valence-corrected chi connectivity index (χ3v) is 6.19. The molecule has 0 aromatic heterocycles. The molecule has 1 N–H and O–H groups in total. The Kier molecular flexibility index (Phi) is 4.30. The molecule has 1 aliphatic rings. The number of carboxylic acid groups (broad SMARTS) is 1. The molecule has 0 aliphatic heterocycles. The van der Waals surface area contributed by atoms with Gasteiger partial charge in [0.15, 0.2) is 0 Å². The fraction of sp³-hybridized carbons (Fsp3) is 0.417. The molecule has 0 unspecified atom stereocenters. The summed E-state index contributed by atoms with van der Waals surface area (Å²) in [4.78, 5) is 10.8. The Hall–Kier alpha value is -0.820. The number of aromatic carboxylic acids is 1. The van der Waals surface area contributed by atoms with Crippen molar-refractivity contribution in [1.29, 1.82) is 0 Å². The van der Waals surface area contributed by atoms with E-state index < -0.39 is 16.0 Å². The van der Waals surface area contributed by atoms with E-state index in [1.165, 1.54) is 11.4 Å². The average Bonchev–Trinajstić information content (AvgIpc) is 2.25. The summed E-state index contributed by atoms with van der Waals surface area (Å²) in [6, 6.07) is 2.10. The van der Waals surface area contributed by atoms with E-state index in [0.717, 1.165) is 31.4 Å². The van der Waals surface area contributed by atoms with E-state index in [1.54, 1.807) is 0 Å². The Labute approximate surface area is 127 Å². The Morgan fingerprint density at radius 1 is 1.30 bits per heavy atom. The second-order valence-corrected chi connectivity index (χ2v) is 7.45. The first-order chi connectivity index (χ1) is 9.25. The molecule has 0 saturated heterocycles. The zero-order valence-electron chi connectivity index (χ0n) is 10.6. The molecule has 1 aromatic carbocycles. The fourth-order valence-electron chi connectivity index (χ4n) is 1.99. The molecule has 0 amide bonds. The number of rotatable bonds is 4. The molecule has 8 heteroatoms. The Balaban J connectivity index is 2.50. The monoisotopic (exact) mass is 337 g/mol. The van der Waals surface area contributed by atoms with Gasteiger partial charge in [0.25, 0.3) is 0 Å². The largest absolute Gasteiger partial charge is 0.478 e. The van der Waals surface area contributed by atoms with E-state index in [2.05, 4.69) is 0 Å². The van der Waals surface area contributed by atoms with Gasteiger partial charge in [-0.1, -0.05) is 29.6 Å². The molecule has 0 heterocycles. The Morgan fingerprint density at radius 2 is 1.90 bits per heavy atom. The maximum atomic E-state index is 12.5. The Bertz CT molecular complexity index is 656. The lowest BCUT2D eigenvalue weighted by molar-refractivity contribution is 0.0697. The van der Waals surface area contributed by atoms with Gasteiger partial charge in [-0.2, -0.15) is 4.31 Å². The molecule has 1 aliphatic carbocycles. The third-order valence-electron chi connectivity index (χ3n) is 3.50. The minimum absolute atomic E-state index is 0.0555. The summed E-state index contributed by atoms with van der Waals surface area (Å²) in [7, 11) is -2.35. The molecule has 0 bridgehead atoms. The molecular formula is C12H13Cl2NO4S. The van der Waals surface area contributed by atoms with Crippen LogP contribution in [0.3, 0.4) is 0 Å². The van der Waals surface area contributed by atoms with Gasteiger partial charge in [0.1, 0.15) is 4.90 Å². The smallest absolute Gasteiger partial charge is 0.337 e. The summed E-state index contributed by atoms with van der Waals surface area (Å²) in [5.41, 5.74) is -0.281. The highest BCUT2D eigenvalue weighted by molar-refractivity contribution is 7.89. The molecule has 20 heavy (non-hydrogen) atoms. The van der Waals surface area contributed by atoms with Crippen LogP contribution in [0.15, 0.2) is 17.0 Å². The Morgan fingerprint density at radius 3 is 2.35 bits per heavy atom. The van der Waals surface area contributed by atoms with Gasteiger partial charge in [-0.3, -0.25) is 0 Å². The summed E-state index contributed by atoms with van der Waals surface area (Å²) < 4.78 is 26.2. The highest BCUT2D eigenvalue weighted by Crippen LogP contribution is 2.34. The number of carboxylic acids is 1. The van der Waals surface area contributed by atoms with Gasteiger partial charge in [-0.25, -0.2) is 13.2 Å². The van der Waals surface area contributed by atoms with Crippen molar-refractivity contribution < 1.29 is 18.3 Å². The van der Waals surface area contributed by atoms with E-state index in [9.17, 15) is 13.2 Å². The standard InChI is InChI=1S/C12H13Cl2NO4S/c1-15(7-3-2-4-7)20(18,19)11-5-8(12(16)17)9(13)6-10(11)14/h5-7H,2-4H2,1H3,(H,16,17). The minimum atomic E-state index is -3.82. The van der Waals surface area contributed by atoms with Gasteiger partial charge in [-0.15, -0.1) is 0 Å². The molecule has 110 valence electrons. The van der Waals surface area contributed by atoms with Crippen LogP contribution >= 0.6 is 23.2 Å². The van der Waals surface area contributed by atoms with Crippen molar-refractivity contribution in [1.82, 2.24) is 4.31 Å². The van der Waals surface area contributed by atoms with Crippen LogP contribution in [0, 0.1) is 0 Å². The number of hydrogen-bond donors (Lipinski definition) is 1. The first-order valence-corrected chi connectivity index (χ1v) is 8.15. The van der Waals surface area contributed by atoms with Gasteiger partial charge < -0.3 is 5.11 Å². The number of sulfonamides is 1. The van der Waals surface area contributed by atoms with Gasteiger partial charge in [0.2, 0.25) is 10.0 Å². The van der Waals surface area contributed by atoms with Crippen LogP contribution in [-0.4, -0.2) is 36.9 Å². The van der Waals surface area contributed by atoms with Crippen molar-refractivity contribution in [3.05, 3.63) is 27.7 Å². The van der Waals surface area contributed by atoms with Crippen LogP contribution in [0.1, 0.15) is 29.6 Å². The number of halogens is 2. The fourth-order valence-corrected chi connectivity index (χ4v) is 4.23. The van der Waals surface area contributed by atoms with Gasteiger partial charge >= 0.3 is 5.97 Å². The highest BCUT2D eigenvalue weighted by atomic mass is 35.5. The number of benzene rings is 1. The van der Waals surface area contributed by atoms with Crippen LogP contribution < -0.4 is 0 Å². The van der Waals surface area contributed by atoms with Gasteiger partial charge in [0.05, 0.1) is 15.6 Å². The topological polar surface area (TPSA) is 74.7 Å². The SMILES string of the molecule is CN(C1CCC1)S(=O)(=O)c1cc(C(=O)O)c(Cl)cc1Cl. The molecule has 0 radical (unpaired) electrons.